The number of nitrogens with two attached hydrogens (primary N) is 1. The monoisotopic (exact) mass is 223 g/mol. The third kappa shape index (κ3) is 4.77. The molecule has 0 saturated carbocycles. The molecule has 1 aromatic carbocycles. The van der Waals surface area contributed by atoms with Crippen LogP contribution in [0.4, 0.5) is 4.39 Å². The van der Waals surface area contributed by atoms with E-state index in [-0.39, 0.29) is 5.82 Å². The summed E-state index contributed by atoms with van der Waals surface area (Å²) in [5, 5.41) is 3.00. The Hall–Kier alpha value is -1.58. The highest BCUT2D eigenvalue weighted by atomic mass is 19.1. The van der Waals surface area contributed by atoms with Gasteiger partial charge in [-0.3, -0.25) is 0 Å². The number of hydrogen-bond donors (Lipinski definition) is 2. The summed E-state index contributed by atoms with van der Waals surface area (Å²) < 4.78 is 12.8. The molecule has 1 aromatic rings. The third-order valence-corrected chi connectivity index (χ3v) is 2.16. The zero-order valence-electron chi connectivity index (χ0n) is 9.54. The van der Waals surface area contributed by atoms with Gasteiger partial charge in [-0.05, 0) is 24.1 Å². The SMILES string of the molecule is CCCCNC(N)=NCc1cccc(F)c1. The largest absolute Gasteiger partial charge is 0.370 e. The summed E-state index contributed by atoms with van der Waals surface area (Å²) in [5.41, 5.74) is 6.47. The van der Waals surface area contributed by atoms with Gasteiger partial charge in [-0.1, -0.05) is 25.5 Å². The maximum absolute atomic E-state index is 12.8. The van der Waals surface area contributed by atoms with E-state index in [2.05, 4.69) is 17.2 Å². The Balaban J connectivity index is 2.40. The van der Waals surface area contributed by atoms with Crippen LogP contribution in [0.3, 0.4) is 0 Å². The van der Waals surface area contributed by atoms with Crippen molar-refractivity contribution in [3.8, 4) is 0 Å². The zero-order valence-corrected chi connectivity index (χ0v) is 9.54. The van der Waals surface area contributed by atoms with Crippen molar-refractivity contribution in [1.29, 1.82) is 0 Å². The highest BCUT2D eigenvalue weighted by Crippen LogP contribution is 2.04. The predicted molar refractivity (Wildman–Crippen MR) is 64.6 cm³/mol. The molecule has 0 saturated heterocycles. The predicted octanol–water partition coefficient (Wildman–Crippen LogP) is 2.03. The van der Waals surface area contributed by atoms with Gasteiger partial charge in [0, 0.05) is 6.54 Å². The van der Waals surface area contributed by atoms with E-state index in [4.69, 9.17) is 5.73 Å². The normalized spacial score (nSPS) is 11.5. The molecule has 4 heteroatoms. The van der Waals surface area contributed by atoms with Crippen LogP contribution in [0.1, 0.15) is 25.3 Å². The third-order valence-electron chi connectivity index (χ3n) is 2.16. The van der Waals surface area contributed by atoms with Gasteiger partial charge in [0.15, 0.2) is 5.96 Å². The average molecular weight is 223 g/mol. The van der Waals surface area contributed by atoms with E-state index in [0.29, 0.717) is 12.5 Å². The van der Waals surface area contributed by atoms with Gasteiger partial charge in [0.05, 0.1) is 6.54 Å². The first kappa shape index (κ1) is 12.5. The maximum atomic E-state index is 12.8. The first-order valence-electron chi connectivity index (χ1n) is 5.50. The van der Waals surface area contributed by atoms with Crippen molar-refractivity contribution in [2.24, 2.45) is 10.7 Å². The van der Waals surface area contributed by atoms with E-state index in [0.717, 1.165) is 24.9 Å². The van der Waals surface area contributed by atoms with E-state index in [1.54, 1.807) is 6.07 Å². The van der Waals surface area contributed by atoms with Crippen molar-refractivity contribution in [2.45, 2.75) is 26.3 Å². The highest BCUT2D eigenvalue weighted by molar-refractivity contribution is 5.77. The number of aliphatic imine (C=N–C) groups is 1. The van der Waals surface area contributed by atoms with Gasteiger partial charge < -0.3 is 11.1 Å². The first-order valence-corrected chi connectivity index (χ1v) is 5.50. The van der Waals surface area contributed by atoms with E-state index in [9.17, 15) is 4.39 Å². The fraction of sp³-hybridized carbons (Fsp3) is 0.417. The Morgan fingerprint density at radius 3 is 3.00 bits per heavy atom. The van der Waals surface area contributed by atoms with E-state index < -0.39 is 0 Å². The molecule has 16 heavy (non-hydrogen) atoms. The van der Waals surface area contributed by atoms with Crippen LogP contribution in [-0.4, -0.2) is 12.5 Å². The fourth-order valence-corrected chi connectivity index (χ4v) is 1.26. The van der Waals surface area contributed by atoms with Gasteiger partial charge in [0.2, 0.25) is 0 Å². The summed E-state index contributed by atoms with van der Waals surface area (Å²) in [5.74, 6) is 0.169. The van der Waals surface area contributed by atoms with Gasteiger partial charge in [-0.2, -0.15) is 0 Å². The lowest BCUT2D eigenvalue weighted by atomic mass is 10.2. The number of hydrogen-bond acceptors (Lipinski definition) is 1. The molecule has 3 nitrogen and oxygen atoms in total. The summed E-state index contributed by atoms with van der Waals surface area (Å²) in [6.45, 7) is 3.35. The number of halogens is 1. The summed E-state index contributed by atoms with van der Waals surface area (Å²) in [4.78, 5) is 4.12. The molecule has 0 heterocycles. The summed E-state index contributed by atoms with van der Waals surface area (Å²) in [7, 11) is 0. The molecule has 88 valence electrons. The number of nitrogens with one attached hydrogen (secondary N) is 1. The van der Waals surface area contributed by atoms with Gasteiger partial charge in [-0.25, -0.2) is 9.38 Å². The molecular weight excluding hydrogens is 205 g/mol. The quantitative estimate of drug-likeness (QED) is 0.456. The smallest absolute Gasteiger partial charge is 0.188 e. The van der Waals surface area contributed by atoms with Crippen molar-refractivity contribution in [3.05, 3.63) is 35.6 Å². The zero-order chi connectivity index (χ0) is 11.8. The van der Waals surface area contributed by atoms with Crippen LogP contribution in [-0.2, 0) is 6.54 Å². The van der Waals surface area contributed by atoms with Crippen molar-refractivity contribution >= 4 is 5.96 Å². The molecule has 0 amide bonds. The van der Waals surface area contributed by atoms with Crippen molar-refractivity contribution in [1.82, 2.24) is 5.32 Å². The van der Waals surface area contributed by atoms with Gasteiger partial charge in [0.25, 0.3) is 0 Å². The van der Waals surface area contributed by atoms with Crippen molar-refractivity contribution in [2.75, 3.05) is 6.54 Å². The second-order valence-electron chi connectivity index (χ2n) is 3.61. The number of rotatable bonds is 5. The minimum Gasteiger partial charge on any atom is -0.370 e. The summed E-state index contributed by atoms with van der Waals surface area (Å²) in [6.07, 6.45) is 2.18. The fourth-order valence-electron chi connectivity index (χ4n) is 1.26. The second kappa shape index (κ2) is 6.82. The molecular formula is C12H18FN3. The van der Waals surface area contributed by atoms with Crippen LogP contribution in [0.15, 0.2) is 29.3 Å². The highest BCUT2D eigenvalue weighted by Gasteiger charge is 1.95. The first-order chi connectivity index (χ1) is 7.72. The topological polar surface area (TPSA) is 50.4 Å². The molecule has 0 aliphatic carbocycles. The molecule has 3 N–H and O–H groups in total. The number of nitrogens with zero attached hydrogens (tertiary/aromatic N) is 1. The van der Waals surface area contributed by atoms with E-state index >= 15 is 0 Å². The number of guanidine groups is 1. The number of benzene rings is 1. The molecule has 0 aliphatic heterocycles. The molecule has 0 bridgehead atoms. The Bertz CT molecular complexity index is 350. The standard InChI is InChI=1S/C12H18FN3/c1-2-3-7-15-12(14)16-9-10-5-4-6-11(13)8-10/h4-6,8H,2-3,7,9H2,1H3,(H3,14,15,16). The molecule has 0 unspecified atom stereocenters. The van der Waals surface area contributed by atoms with Crippen LogP contribution >= 0.6 is 0 Å². The minimum atomic E-state index is -0.245. The summed E-state index contributed by atoms with van der Waals surface area (Å²) in [6, 6.07) is 6.37. The molecule has 0 atom stereocenters. The van der Waals surface area contributed by atoms with Crippen LogP contribution in [0.25, 0.3) is 0 Å². The molecule has 0 aromatic heterocycles. The van der Waals surface area contributed by atoms with Crippen LogP contribution < -0.4 is 11.1 Å². The Morgan fingerprint density at radius 2 is 2.31 bits per heavy atom. The molecule has 0 fully saturated rings. The lowest BCUT2D eigenvalue weighted by Crippen LogP contribution is -2.32. The van der Waals surface area contributed by atoms with Gasteiger partial charge in [-0.15, -0.1) is 0 Å². The van der Waals surface area contributed by atoms with Crippen LogP contribution in [0.5, 0.6) is 0 Å². The lowest BCUT2D eigenvalue weighted by Gasteiger charge is -2.04. The Labute approximate surface area is 95.6 Å². The Kier molecular flexibility index (Phi) is 5.32. The molecule has 0 aliphatic rings. The lowest BCUT2D eigenvalue weighted by molar-refractivity contribution is 0.625. The van der Waals surface area contributed by atoms with Crippen LogP contribution in [0, 0.1) is 5.82 Å². The second-order valence-corrected chi connectivity index (χ2v) is 3.61. The molecule has 0 radical (unpaired) electrons. The van der Waals surface area contributed by atoms with Crippen LogP contribution in [0.2, 0.25) is 0 Å². The number of unbranched alkanes of at least 4 members (excludes halogenated alkanes) is 1. The average Bonchev–Trinajstić information content (AvgIpc) is 2.27. The van der Waals surface area contributed by atoms with E-state index in [1.807, 2.05) is 6.07 Å². The Morgan fingerprint density at radius 1 is 1.50 bits per heavy atom. The maximum Gasteiger partial charge on any atom is 0.188 e. The van der Waals surface area contributed by atoms with Gasteiger partial charge >= 0.3 is 0 Å². The van der Waals surface area contributed by atoms with E-state index in [1.165, 1.54) is 12.1 Å². The van der Waals surface area contributed by atoms with Crippen molar-refractivity contribution < 1.29 is 4.39 Å². The van der Waals surface area contributed by atoms with Crippen molar-refractivity contribution in [3.63, 3.8) is 0 Å². The van der Waals surface area contributed by atoms with Gasteiger partial charge in [0.1, 0.15) is 5.82 Å². The minimum absolute atomic E-state index is 0.245. The molecule has 1 rings (SSSR count). The molecule has 0 spiro atoms. The summed E-state index contributed by atoms with van der Waals surface area (Å²) >= 11 is 0.